The largest absolute Gasteiger partial charge is 0.507 e. The van der Waals surface area contributed by atoms with Crippen LogP contribution in [0.25, 0.3) is 0 Å². The Morgan fingerprint density at radius 1 is 1.14 bits per heavy atom. The number of aromatic hydroxyl groups is 1. The predicted octanol–water partition coefficient (Wildman–Crippen LogP) is 4.17. The van der Waals surface area contributed by atoms with Crippen LogP contribution in [-0.4, -0.2) is 13.5 Å². The average molecular weight is 439 g/mol. The van der Waals surface area contributed by atoms with Crippen molar-refractivity contribution in [3.8, 4) is 5.75 Å². The number of halogens is 3. The van der Waals surface area contributed by atoms with Crippen molar-refractivity contribution >= 4 is 47.6 Å². The van der Waals surface area contributed by atoms with E-state index in [0.29, 0.717) is 14.5 Å². The molecule has 21 heavy (non-hydrogen) atoms. The van der Waals surface area contributed by atoms with Crippen LogP contribution < -0.4 is 4.72 Å². The van der Waals surface area contributed by atoms with Crippen LogP contribution >= 0.6 is 31.9 Å². The van der Waals surface area contributed by atoms with Gasteiger partial charge < -0.3 is 5.11 Å². The summed E-state index contributed by atoms with van der Waals surface area (Å²) in [5.74, 6) is -0.972. The van der Waals surface area contributed by atoms with Gasteiger partial charge in [0.2, 0.25) is 0 Å². The number of benzene rings is 2. The Bertz CT molecular complexity index is 809. The minimum absolute atomic E-state index is 0.107. The molecule has 0 fully saturated rings. The molecule has 0 aromatic heterocycles. The van der Waals surface area contributed by atoms with Crippen LogP contribution in [0.4, 0.5) is 10.1 Å². The average Bonchev–Trinajstić information content (AvgIpc) is 2.35. The number of rotatable bonds is 3. The van der Waals surface area contributed by atoms with Crippen molar-refractivity contribution in [1.82, 2.24) is 0 Å². The molecule has 0 aliphatic carbocycles. The molecular weight excluding hydrogens is 429 g/mol. The van der Waals surface area contributed by atoms with E-state index in [9.17, 15) is 17.9 Å². The molecule has 2 rings (SSSR count). The third-order valence-corrected chi connectivity index (χ3v) is 5.35. The highest BCUT2D eigenvalue weighted by Gasteiger charge is 2.20. The Kier molecular flexibility index (Phi) is 4.60. The molecule has 0 bridgehead atoms. The standard InChI is InChI=1S/C13H10Br2FNO3S/c1-7-2-3-13(10(16)4-7)21(19,20)17-11-6-12(18)9(15)5-8(11)14/h2-6,17-18H,1H3. The lowest BCUT2D eigenvalue weighted by atomic mass is 10.2. The Hall–Kier alpha value is -1.12. The molecule has 4 nitrogen and oxygen atoms in total. The van der Waals surface area contributed by atoms with Crippen LogP contribution in [0.15, 0.2) is 44.2 Å². The van der Waals surface area contributed by atoms with Crippen LogP contribution in [0.2, 0.25) is 0 Å². The number of phenolic OH excluding ortho intramolecular Hbond substituents is 1. The highest BCUT2D eigenvalue weighted by molar-refractivity contribution is 9.11. The third kappa shape index (κ3) is 3.56. The molecule has 0 aliphatic heterocycles. The smallest absolute Gasteiger partial charge is 0.264 e. The predicted molar refractivity (Wildman–Crippen MR) is 85.5 cm³/mol. The summed E-state index contributed by atoms with van der Waals surface area (Å²) < 4.78 is 41.3. The van der Waals surface area contributed by atoms with E-state index in [1.54, 1.807) is 6.92 Å². The van der Waals surface area contributed by atoms with Gasteiger partial charge in [-0.05, 0) is 62.5 Å². The SMILES string of the molecule is Cc1ccc(S(=O)(=O)Nc2cc(O)c(Br)cc2Br)c(F)c1. The second kappa shape index (κ2) is 5.94. The maximum Gasteiger partial charge on any atom is 0.264 e. The van der Waals surface area contributed by atoms with Crippen molar-refractivity contribution in [2.75, 3.05) is 4.72 Å². The normalized spacial score (nSPS) is 11.4. The van der Waals surface area contributed by atoms with Gasteiger partial charge in [0.05, 0.1) is 10.2 Å². The molecule has 0 aliphatic rings. The number of sulfonamides is 1. The zero-order chi connectivity index (χ0) is 15.8. The van der Waals surface area contributed by atoms with E-state index in [2.05, 4.69) is 36.6 Å². The van der Waals surface area contributed by atoms with Gasteiger partial charge in [-0.15, -0.1) is 0 Å². The number of aryl methyl sites for hydroxylation is 1. The Morgan fingerprint density at radius 2 is 1.81 bits per heavy atom. The molecule has 112 valence electrons. The monoisotopic (exact) mass is 437 g/mol. The van der Waals surface area contributed by atoms with Gasteiger partial charge in [-0.2, -0.15) is 0 Å². The summed E-state index contributed by atoms with van der Waals surface area (Å²) in [7, 11) is -4.09. The van der Waals surface area contributed by atoms with Crippen molar-refractivity contribution in [3.63, 3.8) is 0 Å². The van der Waals surface area contributed by atoms with Gasteiger partial charge >= 0.3 is 0 Å². The Morgan fingerprint density at radius 3 is 2.43 bits per heavy atom. The van der Waals surface area contributed by atoms with E-state index in [1.165, 1.54) is 24.3 Å². The summed E-state index contributed by atoms with van der Waals surface area (Å²) in [6, 6.07) is 6.55. The zero-order valence-electron chi connectivity index (χ0n) is 10.7. The summed E-state index contributed by atoms with van der Waals surface area (Å²) in [6.07, 6.45) is 0. The molecule has 2 aromatic carbocycles. The molecule has 0 radical (unpaired) electrons. The Labute approximate surface area is 138 Å². The number of anilines is 1. The molecule has 2 aromatic rings. The van der Waals surface area contributed by atoms with Gasteiger partial charge in [0.25, 0.3) is 10.0 Å². The van der Waals surface area contributed by atoms with Gasteiger partial charge in [0.1, 0.15) is 16.5 Å². The first-order valence-electron chi connectivity index (χ1n) is 5.67. The molecule has 0 heterocycles. The van der Waals surface area contributed by atoms with E-state index in [1.807, 2.05) is 0 Å². The number of nitrogens with one attached hydrogen (secondary N) is 1. The van der Waals surface area contributed by atoms with Crippen molar-refractivity contribution in [3.05, 3.63) is 50.7 Å². The van der Waals surface area contributed by atoms with Gasteiger partial charge in [0.15, 0.2) is 0 Å². The van der Waals surface area contributed by atoms with E-state index in [-0.39, 0.29) is 11.4 Å². The fourth-order valence-corrected chi connectivity index (χ4v) is 3.99. The quantitative estimate of drug-likeness (QED) is 0.755. The van der Waals surface area contributed by atoms with Crippen LogP contribution in [0.3, 0.4) is 0 Å². The summed E-state index contributed by atoms with van der Waals surface area (Å²) in [4.78, 5) is -0.456. The third-order valence-electron chi connectivity index (χ3n) is 2.66. The molecule has 0 saturated carbocycles. The van der Waals surface area contributed by atoms with E-state index in [4.69, 9.17) is 0 Å². The summed E-state index contributed by atoms with van der Waals surface area (Å²) in [5.41, 5.74) is 0.726. The van der Waals surface area contributed by atoms with E-state index < -0.39 is 20.7 Å². The van der Waals surface area contributed by atoms with Crippen LogP contribution in [-0.2, 0) is 10.0 Å². The first-order chi connectivity index (χ1) is 9.70. The van der Waals surface area contributed by atoms with E-state index in [0.717, 1.165) is 6.07 Å². The fourth-order valence-electron chi connectivity index (χ4n) is 1.64. The summed E-state index contributed by atoms with van der Waals surface area (Å²) >= 11 is 6.28. The maximum absolute atomic E-state index is 13.8. The molecular formula is C13H10Br2FNO3S. The molecule has 0 atom stereocenters. The van der Waals surface area contributed by atoms with Gasteiger partial charge in [-0.3, -0.25) is 4.72 Å². The zero-order valence-corrected chi connectivity index (χ0v) is 14.7. The molecule has 0 spiro atoms. The highest BCUT2D eigenvalue weighted by Crippen LogP contribution is 2.35. The molecule has 8 heteroatoms. The summed E-state index contributed by atoms with van der Waals surface area (Å²) in [6.45, 7) is 1.66. The van der Waals surface area contributed by atoms with Crippen molar-refractivity contribution in [2.45, 2.75) is 11.8 Å². The van der Waals surface area contributed by atoms with Gasteiger partial charge in [0, 0.05) is 10.5 Å². The van der Waals surface area contributed by atoms with E-state index >= 15 is 0 Å². The minimum atomic E-state index is -4.09. The molecule has 2 N–H and O–H groups in total. The summed E-state index contributed by atoms with van der Waals surface area (Å²) in [5, 5.41) is 9.61. The van der Waals surface area contributed by atoms with Gasteiger partial charge in [-0.1, -0.05) is 6.07 Å². The maximum atomic E-state index is 13.8. The minimum Gasteiger partial charge on any atom is -0.507 e. The molecule has 0 amide bonds. The second-order valence-corrected chi connectivity index (χ2v) is 7.68. The van der Waals surface area contributed by atoms with Crippen LogP contribution in [0, 0.1) is 12.7 Å². The lowest BCUT2D eigenvalue weighted by molar-refractivity contribution is 0.472. The molecule has 0 saturated heterocycles. The lowest BCUT2D eigenvalue weighted by Gasteiger charge is -2.12. The van der Waals surface area contributed by atoms with Crippen LogP contribution in [0.1, 0.15) is 5.56 Å². The first-order valence-corrected chi connectivity index (χ1v) is 8.74. The fraction of sp³-hybridized carbons (Fsp3) is 0.0769. The second-order valence-electron chi connectivity index (χ2n) is 4.32. The van der Waals surface area contributed by atoms with Gasteiger partial charge in [-0.25, -0.2) is 12.8 Å². The van der Waals surface area contributed by atoms with Crippen molar-refractivity contribution < 1.29 is 17.9 Å². The van der Waals surface area contributed by atoms with Crippen molar-refractivity contribution in [2.24, 2.45) is 0 Å². The van der Waals surface area contributed by atoms with Crippen molar-refractivity contribution in [1.29, 1.82) is 0 Å². The number of hydrogen-bond donors (Lipinski definition) is 2. The van der Waals surface area contributed by atoms with Crippen LogP contribution in [0.5, 0.6) is 5.75 Å². The number of hydrogen-bond acceptors (Lipinski definition) is 3. The topological polar surface area (TPSA) is 66.4 Å². The molecule has 0 unspecified atom stereocenters. The number of phenols is 1. The Balaban J connectivity index is 2.45. The highest BCUT2D eigenvalue weighted by atomic mass is 79.9. The first kappa shape index (κ1) is 16.3. The lowest BCUT2D eigenvalue weighted by Crippen LogP contribution is -2.15.